The van der Waals surface area contributed by atoms with Crippen molar-refractivity contribution in [1.82, 2.24) is 9.21 Å². The van der Waals surface area contributed by atoms with E-state index in [0.717, 1.165) is 12.7 Å². The Kier molecular flexibility index (Phi) is 10.5. The lowest BCUT2D eigenvalue weighted by atomic mass is 10.1. The van der Waals surface area contributed by atoms with Crippen LogP contribution >= 0.6 is 0 Å². The van der Waals surface area contributed by atoms with Gasteiger partial charge in [-0.3, -0.25) is 4.79 Å². The molecule has 0 aliphatic heterocycles. The highest BCUT2D eigenvalue weighted by atomic mass is 32.2. The summed E-state index contributed by atoms with van der Waals surface area (Å²) in [6.07, 6.45) is -1.44. The van der Waals surface area contributed by atoms with Gasteiger partial charge in [0, 0.05) is 0 Å². The summed E-state index contributed by atoms with van der Waals surface area (Å²) in [6, 6.07) is 13.9. The second-order valence-electron chi connectivity index (χ2n) is 10.9. The molecule has 0 bridgehead atoms. The van der Waals surface area contributed by atoms with E-state index in [1.165, 1.54) is 51.1 Å². The number of carbonyl (C=O) groups excluding carboxylic acids is 4. The number of carbonyl (C=O) groups is 4. The number of amides is 3. The molecule has 0 unspecified atom stereocenters. The Bertz CT molecular complexity index is 1400. The van der Waals surface area contributed by atoms with Gasteiger partial charge in [0.15, 0.2) is 0 Å². The molecule has 0 atom stereocenters. The van der Waals surface area contributed by atoms with Crippen molar-refractivity contribution in [3.63, 3.8) is 0 Å². The van der Waals surface area contributed by atoms with E-state index in [1.807, 2.05) is 0 Å². The SMILES string of the molecule is COC(=O)/C(=C/c1ccccc1)N(C(=O)CN(C(=O)OC(C)(C)C)S(=O)(=O)c1ccc(C)cc1)C(=O)OC(C)(C)C. The van der Waals surface area contributed by atoms with Crippen LogP contribution in [0.1, 0.15) is 52.7 Å². The quantitative estimate of drug-likeness (QED) is 0.251. The first-order valence-electron chi connectivity index (χ1n) is 12.6. The van der Waals surface area contributed by atoms with Crippen molar-refractivity contribution in [3.8, 4) is 0 Å². The summed E-state index contributed by atoms with van der Waals surface area (Å²) >= 11 is 0. The Morgan fingerprint density at radius 1 is 0.805 bits per heavy atom. The largest absolute Gasteiger partial charge is 0.464 e. The number of methoxy groups -OCH3 is 1. The Hall–Kier alpha value is -4.19. The molecule has 0 aliphatic carbocycles. The zero-order valence-electron chi connectivity index (χ0n) is 24.5. The Morgan fingerprint density at radius 3 is 1.80 bits per heavy atom. The number of sulfonamides is 1. The average molecular weight is 589 g/mol. The molecule has 3 amide bonds. The number of hydrogen-bond donors (Lipinski definition) is 0. The lowest BCUT2D eigenvalue weighted by Crippen LogP contribution is -2.50. The van der Waals surface area contributed by atoms with Gasteiger partial charge in [-0.1, -0.05) is 48.0 Å². The topological polar surface area (TPSA) is 137 Å². The summed E-state index contributed by atoms with van der Waals surface area (Å²) in [5, 5.41) is 0. The van der Waals surface area contributed by atoms with E-state index in [2.05, 4.69) is 0 Å². The zero-order valence-corrected chi connectivity index (χ0v) is 25.3. The van der Waals surface area contributed by atoms with Crippen LogP contribution in [0.4, 0.5) is 9.59 Å². The third-order valence-corrected chi connectivity index (χ3v) is 6.78. The van der Waals surface area contributed by atoms with Gasteiger partial charge in [-0.25, -0.2) is 27.7 Å². The molecule has 222 valence electrons. The number of benzene rings is 2. The predicted molar refractivity (Wildman–Crippen MR) is 151 cm³/mol. The highest BCUT2D eigenvalue weighted by molar-refractivity contribution is 7.89. The predicted octanol–water partition coefficient (Wildman–Crippen LogP) is 4.90. The number of hydrogen-bond acceptors (Lipinski definition) is 9. The van der Waals surface area contributed by atoms with Crippen LogP contribution in [0.2, 0.25) is 0 Å². The number of nitrogens with zero attached hydrogens (tertiary/aromatic N) is 2. The van der Waals surface area contributed by atoms with E-state index in [9.17, 15) is 27.6 Å². The minimum absolute atomic E-state index is 0.208. The maximum atomic E-state index is 13.8. The molecule has 0 saturated heterocycles. The van der Waals surface area contributed by atoms with Gasteiger partial charge in [0.05, 0.1) is 12.0 Å². The number of ether oxygens (including phenoxy) is 3. The van der Waals surface area contributed by atoms with Crippen molar-refractivity contribution in [2.75, 3.05) is 13.7 Å². The van der Waals surface area contributed by atoms with Gasteiger partial charge in [0.2, 0.25) is 0 Å². The van der Waals surface area contributed by atoms with Gasteiger partial charge in [-0.15, -0.1) is 0 Å². The first kappa shape index (κ1) is 33.0. The Balaban J connectivity index is 2.70. The second-order valence-corrected chi connectivity index (χ2v) is 12.8. The fourth-order valence-corrected chi connectivity index (χ4v) is 4.51. The molecule has 0 aromatic heterocycles. The molecule has 0 aliphatic rings. The van der Waals surface area contributed by atoms with Crippen molar-refractivity contribution in [2.45, 2.75) is 64.6 Å². The first-order valence-corrected chi connectivity index (χ1v) is 14.0. The van der Waals surface area contributed by atoms with Gasteiger partial charge in [-0.05, 0) is 72.2 Å². The van der Waals surface area contributed by atoms with Crippen molar-refractivity contribution < 1.29 is 41.8 Å². The van der Waals surface area contributed by atoms with E-state index >= 15 is 0 Å². The van der Waals surface area contributed by atoms with Gasteiger partial charge >= 0.3 is 18.2 Å². The standard InChI is InChI=1S/C29H36N2O9S/c1-20-14-16-22(17-15-20)41(36,37)30(26(34)39-28(2,3)4)19-24(32)31(27(35)40-29(5,6)7)23(25(33)38-8)18-21-12-10-9-11-13-21/h9-18H,19H2,1-8H3/b23-18-. The molecule has 0 heterocycles. The Morgan fingerprint density at radius 2 is 1.32 bits per heavy atom. The van der Waals surface area contributed by atoms with Crippen LogP contribution in [0.5, 0.6) is 0 Å². The third kappa shape index (κ3) is 9.45. The average Bonchev–Trinajstić information content (AvgIpc) is 2.85. The highest BCUT2D eigenvalue weighted by Gasteiger charge is 2.40. The second kappa shape index (κ2) is 13.0. The van der Waals surface area contributed by atoms with Crippen LogP contribution < -0.4 is 0 Å². The molecule has 0 spiro atoms. The van der Waals surface area contributed by atoms with Crippen LogP contribution in [0.15, 0.2) is 65.2 Å². The molecule has 0 radical (unpaired) electrons. The number of esters is 1. The van der Waals surface area contributed by atoms with Gasteiger partial charge in [-0.2, -0.15) is 4.31 Å². The maximum Gasteiger partial charge on any atom is 0.424 e. The molecule has 2 rings (SSSR count). The zero-order chi connectivity index (χ0) is 31.2. The van der Waals surface area contributed by atoms with E-state index in [4.69, 9.17) is 14.2 Å². The third-order valence-electron chi connectivity index (χ3n) is 5.05. The Labute approximate surface area is 240 Å². The lowest BCUT2D eigenvalue weighted by Gasteiger charge is -2.30. The summed E-state index contributed by atoms with van der Waals surface area (Å²) in [5.41, 5.74) is -1.62. The summed E-state index contributed by atoms with van der Waals surface area (Å²) in [7, 11) is -3.62. The molecule has 0 saturated carbocycles. The van der Waals surface area contributed by atoms with E-state index in [1.54, 1.807) is 58.0 Å². The molecular weight excluding hydrogens is 552 g/mol. The number of aryl methyl sites for hydroxylation is 1. The molecule has 41 heavy (non-hydrogen) atoms. The lowest BCUT2D eigenvalue weighted by molar-refractivity contribution is -0.141. The molecule has 0 N–H and O–H groups in total. The van der Waals surface area contributed by atoms with Crippen LogP contribution in [-0.2, 0) is 33.8 Å². The van der Waals surface area contributed by atoms with E-state index in [-0.39, 0.29) is 9.20 Å². The number of rotatable bonds is 7. The molecular formula is C29H36N2O9S. The van der Waals surface area contributed by atoms with Gasteiger partial charge in [0.1, 0.15) is 23.4 Å². The fraction of sp³-hybridized carbons (Fsp3) is 0.379. The van der Waals surface area contributed by atoms with Crippen LogP contribution in [0.3, 0.4) is 0 Å². The van der Waals surface area contributed by atoms with Crippen LogP contribution in [-0.4, -0.2) is 66.5 Å². The normalized spacial score (nSPS) is 12.2. The van der Waals surface area contributed by atoms with Crippen LogP contribution in [0.25, 0.3) is 6.08 Å². The van der Waals surface area contributed by atoms with Crippen molar-refractivity contribution in [2.24, 2.45) is 0 Å². The van der Waals surface area contributed by atoms with Crippen molar-refractivity contribution >= 4 is 40.2 Å². The summed E-state index contributed by atoms with van der Waals surface area (Å²) in [5.74, 6) is -2.35. The molecule has 2 aromatic carbocycles. The highest BCUT2D eigenvalue weighted by Crippen LogP contribution is 2.23. The van der Waals surface area contributed by atoms with Crippen LogP contribution in [0, 0.1) is 6.92 Å². The molecule has 0 fully saturated rings. The smallest absolute Gasteiger partial charge is 0.424 e. The molecule has 2 aromatic rings. The van der Waals surface area contributed by atoms with Crippen molar-refractivity contribution in [3.05, 3.63) is 71.4 Å². The first-order chi connectivity index (χ1) is 18.9. The minimum atomic E-state index is -4.67. The summed E-state index contributed by atoms with van der Waals surface area (Å²) in [4.78, 5) is 53.3. The number of imide groups is 1. The van der Waals surface area contributed by atoms with Gasteiger partial charge in [0.25, 0.3) is 15.9 Å². The monoisotopic (exact) mass is 588 g/mol. The van der Waals surface area contributed by atoms with Gasteiger partial charge < -0.3 is 14.2 Å². The maximum absolute atomic E-state index is 13.8. The molecule has 12 heteroatoms. The van der Waals surface area contributed by atoms with E-state index in [0.29, 0.717) is 10.5 Å². The molecule has 11 nitrogen and oxygen atoms in total. The minimum Gasteiger partial charge on any atom is -0.464 e. The van der Waals surface area contributed by atoms with E-state index < -0.39 is 57.5 Å². The van der Waals surface area contributed by atoms with Crippen molar-refractivity contribution in [1.29, 1.82) is 0 Å². The summed E-state index contributed by atoms with van der Waals surface area (Å²) in [6.45, 7) is 9.74. The summed E-state index contributed by atoms with van der Waals surface area (Å²) < 4.78 is 42.9. The fourth-order valence-electron chi connectivity index (χ4n) is 3.26.